The molecule has 6 nitrogen and oxygen atoms in total. The van der Waals surface area contributed by atoms with Gasteiger partial charge in [-0.2, -0.15) is 0 Å². The van der Waals surface area contributed by atoms with Crippen LogP contribution in [-0.4, -0.2) is 47.7 Å². The van der Waals surface area contributed by atoms with Crippen LogP contribution in [0.25, 0.3) is 0 Å². The van der Waals surface area contributed by atoms with Crippen LogP contribution in [-0.2, 0) is 11.3 Å². The maximum absolute atomic E-state index is 13.4. The zero-order valence-electron chi connectivity index (χ0n) is 14.8. The van der Waals surface area contributed by atoms with E-state index in [-0.39, 0.29) is 44.1 Å². The maximum Gasteiger partial charge on any atom is 0.318 e. The molecule has 0 radical (unpaired) electrons. The smallest absolute Gasteiger partial charge is 0.318 e. The molecule has 0 spiro atoms. The van der Waals surface area contributed by atoms with Crippen molar-refractivity contribution in [3.8, 4) is 0 Å². The summed E-state index contributed by atoms with van der Waals surface area (Å²) in [5.41, 5.74) is 1.43. The van der Waals surface area contributed by atoms with Gasteiger partial charge in [0, 0.05) is 31.7 Å². The topological polar surface area (TPSA) is 72.9 Å². The highest BCUT2D eigenvalue weighted by atomic mass is 19.1. The third-order valence-electron chi connectivity index (χ3n) is 4.45. The molecule has 0 aliphatic carbocycles. The minimum Gasteiger partial charge on any atom is -0.395 e. The average molecular weight is 371 g/mol. The molecule has 1 atom stereocenters. The fraction of sp³-hybridized carbons (Fsp3) is 0.300. The van der Waals surface area contributed by atoms with Gasteiger partial charge in [-0.25, -0.2) is 9.18 Å². The van der Waals surface area contributed by atoms with E-state index in [1.807, 2.05) is 30.3 Å². The van der Waals surface area contributed by atoms with Crippen LogP contribution in [0.4, 0.5) is 14.9 Å². The maximum atomic E-state index is 13.4. The molecule has 27 heavy (non-hydrogen) atoms. The predicted molar refractivity (Wildman–Crippen MR) is 99.6 cm³/mol. The minimum absolute atomic E-state index is 0.153. The number of aliphatic hydroxyl groups excluding tert-OH is 1. The Morgan fingerprint density at radius 2 is 2.00 bits per heavy atom. The molecule has 0 saturated carbocycles. The molecule has 3 rings (SSSR count). The third-order valence-corrected chi connectivity index (χ3v) is 4.45. The molecule has 1 saturated heterocycles. The number of halogens is 1. The van der Waals surface area contributed by atoms with Gasteiger partial charge < -0.3 is 20.2 Å². The standard InChI is InChI=1S/C20H22FN3O3/c21-16-7-4-8-18(11-16)24-14-17(12-19(24)26)22-20(27)23(9-10-25)13-15-5-2-1-3-6-15/h1-8,11,17,25H,9-10,12-14H2,(H,22,27). The summed E-state index contributed by atoms with van der Waals surface area (Å²) in [6, 6.07) is 14.6. The van der Waals surface area contributed by atoms with E-state index in [0.29, 0.717) is 12.2 Å². The molecule has 2 aromatic carbocycles. The van der Waals surface area contributed by atoms with Gasteiger partial charge in [-0.3, -0.25) is 4.79 Å². The number of nitrogens with zero attached hydrogens (tertiary/aromatic N) is 2. The van der Waals surface area contributed by atoms with Gasteiger partial charge in [0.15, 0.2) is 0 Å². The van der Waals surface area contributed by atoms with Crippen molar-refractivity contribution < 1.29 is 19.1 Å². The Kier molecular flexibility index (Phi) is 6.03. The van der Waals surface area contributed by atoms with Crippen LogP contribution in [0.3, 0.4) is 0 Å². The number of rotatable bonds is 6. The number of anilines is 1. The number of urea groups is 1. The summed E-state index contributed by atoms with van der Waals surface area (Å²) < 4.78 is 13.4. The van der Waals surface area contributed by atoms with Gasteiger partial charge in [-0.15, -0.1) is 0 Å². The largest absolute Gasteiger partial charge is 0.395 e. The highest BCUT2D eigenvalue weighted by Gasteiger charge is 2.32. The van der Waals surface area contributed by atoms with Crippen molar-refractivity contribution in [3.63, 3.8) is 0 Å². The molecule has 1 aliphatic rings. The minimum atomic E-state index is -0.412. The summed E-state index contributed by atoms with van der Waals surface area (Å²) in [6.45, 7) is 0.683. The van der Waals surface area contributed by atoms with Crippen LogP contribution < -0.4 is 10.2 Å². The zero-order chi connectivity index (χ0) is 19.2. The lowest BCUT2D eigenvalue weighted by Crippen LogP contribution is -2.46. The number of carbonyl (C=O) groups excluding carboxylic acids is 2. The Labute approximate surface area is 157 Å². The second-order valence-corrected chi connectivity index (χ2v) is 6.47. The first-order chi connectivity index (χ1) is 13.1. The van der Waals surface area contributed by atoms with Crippen molar-refractivity contribution in [1.82, 2.24) is 10.2 Å². The molecule has 142 valence electrons. The first kappa shape index (κ1) is 18.8. The SMILES string of the molecule is O=C(NC1CC(=O)N(c2cccc(F)c2)C1)N(CCO)Cc1ccccc1. The number of carbonyl (C=O) groups is 2. The van der Waals surface area contributed by atoms with E-state index in [2.05, 4.69) is 5.32 Å². The van der Waals surface area contributed by atoms with Crippen LogP contribution in [0, 0.1) is 5.82 Å². The first-order valence-electron chi connectivity index (χ1n) is 8.83. The van der Waals surface area contributed by atoms with Gasteiger partial charge in [0.2, 0.25) is 5.91 Å². The molecule has 0 aromatic heterocycles. The van der Waals surface area contributed by atoms with Crippen LogP contribution >= 0.6 is 0 Å². The summed E-state index contributed by atoms with van der Waals surface area (Å²) in [7, 11) is 0. The van der Waals surface area contributed by atoms with Crippen molar-refractivity contribution in [3.05, 3.63) is 66.0 Å². The van der Waals surface area contributed by atoms with E-state index < -0.39 is 5.82 Å². The Morgan fingerprint density at radius 3 is 2.70 bits per heavy atom. The average Bonchev–Trinajstić information content (AvgIpc) is 3.02. The van der Waals surface area contributed by atoms with E-state index >= 15 is 0 Å². The van der Waals surface area contributed by atoms with Gasteiger partial charge in [0.1, 0.15) is 5.82 Å². The molecule has 1 fully saturated rings. The first-order valence-corrected chi connectivity index (χ1v) is 8.83. The van der Waals surface area contributed by atoms with Crippen LogP contribution in [0.2, 0.25) is 0 Å². The third kappa shape index (κ3) is 4.83. The Bertz CT molecular complexity index is 800. The van der Waals surface area contributed by atoms with Gasteiger partial charge in [0.25, 0.3) is 0 Å². The molecule has 1 aliphatic heterocycles. The molecule has 1 heterocycles. The second-order valence-electron chi connectivity index (χ2n) is 6.47. The summed E-state index contributed by atoms with van der Waals surface area (Å²) >= 11 is 0. The van der Waals surface area contributed by atoms with E-state index in [4.69, 9.17) is 0 Å². The summed E-state index contributed by atoms with van der Waals surface area (Å²) in [5.74, 6) is -0.576. The molecule has 7 heteroatoms. The molecular weight excluding hydrogens is 349 g/mol. The number of hydrogen-bond donors (Lipinski definition) is 2. The van der Waals surface area contributed by atoms with E-state index in [1.54, 1.807) is 12.1 Å². The summed E-state index contributed by atoms with van der Waals surface area (Å²) in [6.07, 6.45) is 0.153. The fourth-order valence-electron chi connectivity index (χ4n) is 3.14. The van der Waals surface area contributed by atoms with Gasteiger partial charge >= 0.3 is 6.03 Å². The number of hydrogen-bond acceptors (Lipinski definition) is 3. The zero-order valence-corrected chi connectivity index (χ0v) is 14.8. The van der Waals surface area contributed by atoms with Gasteiger partial charge in [0.05, 0.1) is 12.6 Å². The molecule has 2 aromatic rings. The Morgan fingerprint density at radius 1 is 1.22 bits per heavy atom. The monoisotopic (exact) mass is 371 g/mol. The second kappa shape index (κ2) is 8.64. The summed E-state index contributed by atoms with van der Waals surface area (Å²) in [4.78, 5) is 27.9. The lowest BCUT2D eigenvalue weighted by molar-refractivity contribution is -0.117. The fourth-order valence-corrected chi connectivity index (χ4v) is 3.14. The molecule has 0 bridgehead atoms. The van der Waals surface area contributed by atoms with Crippen molar-refractivity contribution >= 4 is 17.6 Å². The van der Waals surface area contributed by atoms with E-state index in [0.717, 1.165) is 5.56 Å². The summed E-state index contributed by atoms with van der Waals surface area (Å²) in [5, 5.41) is 12.1. The molecule has 1 unspecified atom stereocenters. The number of benzene rings is 2. The quantitative estimate of drug-likeness (QED) is 0.817. The van der Waals surface area contributed by atoms with Crippen molar-refractivity contribution in [2.45, 2.75) is 19.0 Å². The van der Waals surface area contributed by atoms with Gasteiger partial charge in [-0.05, 0) is 23.8 Å². The highest BCUT2D eigenvalue weighted by Crippen LogP contribution is 2.22. The Hall–Kier alpha value is -2.93. The number of amides is 3. The molecular formula is C20H22FN3O3. The molecule has 3 amide bonds. The lowest BCUT2D eigenvalue weighted by Gasteiger charge is -2.24. The molecule has 2 N–H and O–H groups in total. The highest BCUT2D eigenvalue weighted by molar-refractivity contribution is 5.96. The van der Waals surface area contributed by atoms with Crippen molar-refractivity contribution in [1.29, 1.82) is 0 Å². The van der Waals surface area contributed by atoms with Gasteiger partial charge in [-0.1, -0.05) is 36.4 Å². The van der Waals surface area contributed by atoms with E-state index in [9.17, 15) is 19.1 Å². The Balaban J connectivity index is 1.63. The number of aliphatic hydroxyl groups is 1. The van der Waals surface area contributed by atoms with Crippen LogP contribution in [0.5, 0.6) is 0 Å². The normalized spacial score (nSPS) is 16.4. The predicted octanol–water partition coefficient (Wildman–Crippen LogP) is 2.14. The van der Waals surface area contributed by atoms with Crippen LogP contribution in [0.15, 0.2) is 54.6 Å². The van der Waals surface area contributed by atoms with E-state index in [1.165, 1.54) is 21.9 Å². The van der Waals surface area contributed by atoms with Crippen molar-refractivity contribution in [2.75, 3.05) is 24.6 Å². The van der Waals surface area contributed by atoms with Crippen LogP contribution in [0.1, 0.15) is 12.0 Å². The van der Waals surface area contributed by atoms with Crippen molar-refractivity contribution in [2.24, 2.45) is 0 Å². The number of nitrogens with one attached hydrogen (secondary N) is 1. The lowest BCUT2D eigenvalue weighted by atomic mass is 10.2.